The molecule has 0 aliphatic carbocycles. The van der Waals surface area contributed by atoms with Crippen molar-refractivity contribution in [2.75, 3.05) is 0 Å². The number of benzene rings is 1. The highest BCUT2D eigenvalue weighted by Gasteiger charge is 2.13. The number of nitrogens with zero attached hydrogens (tertiary/aromatic N) is 4. The molecule has 0 aliphatic heterocycles. The lowest BCUT2D eigenvalue weighted by molar-refractivity contribution is 0.425. The van der Waals surface area contributed by atoms with Gasteiger partial charge in [0.1, 0.15) is 5.69 Å². The van der Waals surface area contributed by atoms with E-state index in [2.05, 4.69) is 29.1 Å². The SMILES string of the molecule is Cc1ccc(-c2noc(-c3ccc(=O)n(CCC(C)C)n3)n2)cc1. The van der Waals surface area contributed by atoms with E-state index in [0.717, 1.165) is 12.0 Å². The number of aromatic nitrogens is 4. The van der Waals surface area contributed by atoms with Crippen LogP contribution in [0.2, 0.25) is 0 Å². The molecule has 6 nitrogen and oxygen atoms in total. The number of rotatable bonds is 5. The molecule has 0 atom stereocenters. The summed E-state index contributed by atoms with van der Waals surface area (Å²) in [5, 5.41) is 8.35. The zero-order valence-corrected chi connectivity index (χ0v) is 14.1. The molecule has 1 aromatic carbocycles. The molecule has 0 N–H and O–H groups in total. The second-order valence-electron chi connectivity index (χ2n) is 6.25. The molecule has 24 heavy (non-hydrogen) atoms. The van der Waals surface area contributed by atoms with E-state index in [1.807, 2.05) is 31.2 Å². The first-order chi connectivity index (χ1) is 11.5. The Kier molecular flexibility index (Phi) is 4.55. The fourth-order valence-corrected chi connectivity index (χ4v) is 2.25. The maximum atomic E-state index is 11.9. The van der Waals surface area contributed by atoms with Crippen LogP contribution in [0.3, 0.4) is 0 Å². The molecule has 3 rings (SSSR count). The van der Waals surface area contributed by atoms with Crippen molar-refractivity contribution in [1.82, 2.24) is 19.9 Å². The Bertz CT molecular complexity index is 879. The molecule has 0 radical (unpaired) electrons. The molecule has 0 amide bonds. The van der Waals surface area contributed by atoms with Crippen LogP contribution >= 0.6 is 0 Å². The van der Waals surface area contributed by atoms with Crippen molar-refractivity contribution in [2.24, 2.45) is 5.92 Å². The van der Waals surface area contributed by atoms with Crippen molar-refractivity contribution in [3.63, 3.8) is 0 Å². The third-order valence-corrected chi connectivity index (χ3v) is 3.74. The van der Waals surface area contributed by atoms with E-state index in [9.17, 15) is 4.79 Å². The van der Waals surface area contributed by atoms with E-state index >= 15 is 0 Å². The second kappa shape index (κ2) is 6.78. The summed E-state index contributed by atoms with van der Waals surface area (Å²) in [5.74, 6) is 1.31. The highest BCUT2D eigenvalue weighted by molar-refractivity contribution is 5.57. The predicted molar refractivity (Wildman–Crippen MR) is 91.4 cm³/mol. The molecule has 0 unspecified atom stereocenters. The van der Waals surface area contributed by atoms with Gasteiger partial charge in [-0.1, -0.05) is 48.8 Å². The smallest absolute Gasteiger partial charge is 0.278 e. The van der Waals surface area contributed by atoms with Crippen LogP contribution in [-0.4, -0.2) is 19.9 Å². The lowest BCUT2D eigenvalue weighted by Crippen LogP contribution is -2.23. The van der Waals surface area contributed by atoms with Gasteiger partial charge in [-0.05, 0) is 25.3 Å². The van der Waals surface area contributed by atoms with Gasteiger partial charge in [0.2, 0.25) is 5.82 Å². The third kappa shape index (κ3) is 3.59. The highest BCUT2D eigenvalue weighted by Crippen LogP contribution is 2.20. The number of hydrogen-bond acceptors (Lipinski definition) is 5. The molecule has 0 saturated heterocycles. The van der Waals surface area contributed by atoms with Gasteiger partial charge in [0.15, 0.2) is 0 Å². The minimum absolute atomic E-state index is 0.127. The van der Waals surface area contributed by atoms with Crippen LogP contribution in [0.4, 0.5) is 0 Å². The molecule has 0 spiro atoms. The van der Waals surface area contributed by atoms with Crippen molar-refractivity contribution in [3.05, 3.63) is 52.3 Å². The fraction of sp³-hybridized carbons (Fsp3) is 0.333. The number of hydrogen-bond donors (Lipinski definition) is 0. The lowest BCUT2D eigenvalue weighted by Gasteiger charge is -2.07. The van der Waals surface area contributed by atoms with Crippen LogP contribution in [0.15, 0.2) is 45.7 Å². The molecule has 2 aromatic heterocycles. The maximum absolute atomic E-state index is 11.9. The predicted octanol–water partition coefficient (Wildman–Crippen LogP) is 3.31. The Morgan fingerprint density at radius 1 is 1.12 bits per heavy atom. The monoisotopic (exact) mass is 324 g/mol. The largest absolute Gasteiger partial charge is 0.332 e. The maximum Gasteiger partial charge on any atom is 0.278 e. The zero-order valence-electron chi connectivity index (χ0n) is 14.1. The minimum atomic E-state index is -0.127. The van der Waals surface area contributed by atoms with Crippen molar-refractivity contribution >= 4 is 0 Å². The van der Waals surface area contributed by atoms with Crippen LogP contribution in [0.5, 0.6) is 0 Å². The van der Waals surface area contributed by atoms with E-state index < -0.39 is 0 Å². The highest BCUT2D eigenvalue weighted by atomic mass is 16.5. The summed E-state index contributed by atoms with van der Waals surface area (Å²) in [5.41, 5.74) is 2.42. The van der Waals surface area contributed by atoms with Crippen LogP contribution in [-0.2, 0) is 6.54 Å². The van der Waals surface area contributed by atoms with Crippen molar-refractivity contribution in [3.8, 4) is 23.0 Å². The van der Waals surface area contributed by atoms with E-state index in [4.69, 9.17) is 4.52 Å². The molecular formula is C18H20N4O2. The summed E-state index contributed by atoms with van der Waals surface area (Å²) in [6.07, 6.45) is 0.884. The zero-order chi connectivity index (χ0) is 17.1. The van der Waals surface area contributed by atoms with Gasteiger partial charge < -0.3 is 4.52 Å². The van der Waals surface area contributed by atoms with Crippen LogP contribution in [0, 0.1) is 12.8 Å². The van der Waals surface area contributed by atoms with Gasteiger partial charge >= 0.3 is 0 Å². The van der Waals surface area contributed by atoms with E-state index in [1.54, 1.807) is 6.07 Å². The average Bonchev–Trinajstić information content (AvgIpc) is 3.04. The summed E-state index contributed by atoms with van der Waals surface area (Å²) in [4.78, 5) is 16.3. The molecule has 0 aliphatic rings. The number of aryl methyl sites for hydroxylation is 2. The van der Waals surface area contributed by atoms with Gasteiger partial charge in [0, 0.05) is 18.2 Å². The Labute approximate surface area is 140 Å². The first-order valence-corrected chi connectivity index (χ1v) is 8.02. The Morgan fingerprint density at radius 3 is 2.58 bits per heavy atom. The van der Waals surface area contributed by atoms with Crippen LogP contribution in [0.1, 0.15) is 25.8 Å². The standard InChI is InChI=1S/C18H20N4O2/c1-12(2)10-11-22-16(23)9-8-15(20-22)18-19-17(21-24-18)14-6-4-13(3)5-7-14/h4-9,12H,10-11H2,1-3H3. The first-order valence-electron chi connectivity index (χ1n) is 8.02. The summed E-state index contributed by atoms with van der Waals surface area (Å²) in [6, 6.07) is 11.0. The fourth-order valence-electron chi connectivity index (χ4n) is 2.25. The van der Waals surface area contributed by atoms with Crippen LogP contribution < -0.4 is 5.56 Å². The normalized spacial score (nSPS) is 11.2. The Balaban J connectivity index is 1.88. The summed E-state index contributed by atoms with van der Waals surface area (Å²) < 4.78 is 6.77. The van der Waals surface area contributed by atoms with E-state index in [1.165, 1.54) is 16.3 Å². The molecule has 6 heteroatoms. The molecule has 0 bridgehead atoms. The average molecular weight is 324 g/mol. The van der Waals surface area contributed by atoms with Gasteiger partial charge in [-0.3, -0.25) is 4.79 Å². The Morgan fingerprint density at radius 2 is 1.88 bits per heavy atom. The molecule has 3 aromatic rings. The van der Waals surface area contributed by atoms with Gasteiger partial charge in [0.05, 0.1) is 0 Å². The lowest BCUT2D eigenvalue weighted by atomic mass is 10.1. The van der Waals surface area contributed by atoms with Crippen molar-refractivity contribution < 1.29 is 4.52 Å². The summed E-state index contributed by atoms with van der Waals surface area (Å²) in [7, 11) is 0. The van der Waals surface area contributed by atoms with Gasteiger partial charge in [-0.15, -0.1) is 0 Å². The van der Waals surface area contributed by atoms with E-state index in [-0.39, 0.29) is 5.56 Å². The van der Waals surface area contributed by atoms with Gasteiger partial charge in [-0.25, -0.2) is 4.68 Å². The van der Waals surface area contributed by atoms with Gasteiger partial charge in [0.25, 0.3) is 11.4 Å². The van der Waals surface area contributed by atoms with Crippen molar-refractivity contribution in [1.29, 1.82) is 0 Å². The van der Waals surface area contributed by atoms with Crippen LogP contribution in [0.25, 0.3) is 23.0 Å². The Hall–Kier alpha value is -2.76. The molecule has 0 saturated carbocycles. The first kappa shape index (κ1) is 16.1. The molecule has 2 heterocycles. The quantitative estimate of drug-likeness (QED) is 0.720. The third-order valence-electron chi connectivity index (χ3n) is 3.74. The van der Waals surface area contributed by atoms with Gasteiger partial charge in [-0.2, -0.15) is 10.1 Å². The molecule has 0 fully saturated rings. The summed E-state index contributed by atoms with van der Waals surface area (Å²) in [6.45, 7) is 6.82. The molecular weight excluding hydrogens is 304 g/mol. The second-order valence-corrected chi connectivity index (χ2v) is 6.25. The molecule has 124 valence electrons. The minimum Gasteiger partial charge on any atom is -0.332 e. The topological polar surface area (TPSA) is 73.8 Å². The van der Waals surface area contributed by atoms with E-state index in [0.29, 0.717) is 29.9 Å². The van der Waals surface area contributed by atoms with Crippen molar-refractivity contribution in [2.45, 2.75) is 33.7 Å². The summed E-state index contributed by atoms with van der Waals surface area (Å²) >= 11 is 0.